The van der Waals surface area contributed by atoms with E-state index in [9.17, 15) is 0 Å². The zero-order chi connectivity index (χ0) is 44.7. The van der Waals surface area contributed by atoms with Crippen LogP contribution < -0.4 is 26.2 Å². The lowest BCUT2D eigenvalue weighted by atomic mass is 9.33. The largest absolute Gasteiger partial charge is 0.456 e. The minimum absolute atomic E-state index is 0.0163. The van der Waals surface area contributed by atoms with Gasteiger partial charge in [-0.25, -0.2) is 0 Å². The van der Waals surface area contributed by atoms with Crippen molar-refractivity contribution in [3.05, 3.63) is 174 Å². The molecule has 12 rings (SSSR count). The third kappa shape index (κ3) is 6.22. The van der Waals surface area contributed by atoms with Crippen molar-refractivity contribution >= 4 is 111 Å². The quantitative estimate of drug-likeness (QED) is 0.165. The fourth-order valence-corrected chi connectivity index (χ4v) is 11.8. The standard InChI is InChI=1S/C60H53BN2OS/c1-58(2,3)37-24-30-49-48(31-37)61-47-29-23-38(59(4,5)6)32-50(47)62(40-25-21-36(22-26-40)42-17-14-18-46-45-16-11-13-20-55(45)65-57(42)46)51-33-39(60(7,8)9)34-52(56(51)61)63(49)41-27-28-44-43-15-10-12-19-53(43)64-54(44)35-41/h10-35H,1-9H3. The number of benzene rings is 8. The van der Waals surface area contributed by atoms with E-state index in [0.717, 1.165) is 33.3 Å². The SMILES string of the molecule is CC(C)(C)c1ccc2c(c1)B1c3ccc(C(C)(C)C)cc3N(c3ccc(-c4cccc5c4sc4ccccc45)cc3)c3cc(C(C)(C)C)cc(c31)N2c1ccc2c(c1)oc1ccccc12. The van der Waals surface area contributed by atoms with E-state index in [2.05, 4.69) is 230 Å². The first kappa shape index (κ1) is 40.0. The number of para-hydroxylation sites is 1. The number of rotatable bonds is 3. The van der Waals surface area contributed by atoms with Crippen LogP contribution in [0.15, 0.2) is 162 Å². The predicted octanol–water partition coefficient (Wildman–Crippen LogP) is 15.6. The molecule has 2 aliphatic heterocycles. The van der Waals surface area contributed by atoms with Gasteiger partial charge in [-0.2, -0.15) is 0 Å². The summed E-state index contributed by atoms with van der Waals surface area (Å²) in [6, 6.07) is 59.7. The Kier molecular flexibility index (Phi) is 8.60. The van der Waals surface area contributed by atoms with Gasteiger partial charge in [-0.05, 0) is 121 Å². The van der Waals surface area contributed by atoms with E-state index in [1.54, 1.807) is 0 Å². The van der Waals surface area contributed by atoms with Crippen molar-refractivity contribution < 1.29 is 4.42 Å². The van der Waals surface area contributed by atoms with Crippen LogP contribution in [0.25, 0.3) is 53.2 Å². The number of hydrogen-bond donors (Lipinski definition) is 0. The molecule has 0 bridgehead atoms. The van der Waals surface area contributed by atoms with Crippen LogP contribution >= 0.6 is 11.3 Å². The van der Waals surface area contributed by atoms with E-state index < -0.39 is 0 Å². The molecule has 0 fully saturated rings. The van der Waals surface area contributed by atoms with Gasteiger partial charge in [0.05, 0.1) is 0 Å². The van der Waals surface area contributed by atoms with Crippen molar-refractivity contribution in [3.8, 4) is 11.1 Å². The van der Waals surface area contributed by atoms with Crippen LogP contribution in [0.3, 0.4) is 0 Å². The normalized spacial score (nSPS) is 13.8. The summed E-state index contributed by atoms with van der Waals surface area (Å²) in [4.78, 5) is 5.11. The van der Waals surface area contributed by atoms with Gasteiger partial charge in [-0.1, -0.05) is 153 Å². The Balaban J connectivity index is 1.13. The second kappa shape index (κ2) is 14.0. The maximum absolute atomic E-state index is 6.59. The monoisotopic (exact) mass is 860 g/mol. The number of furan rings is 1. The fraction of sp³-hybridized carbons (Fsp3) is 0.200. The molecule has 65 heavy (non-hydrogen) atoms. The summed E-state index contributed by atoms with van der Waals surface area (Å²) >= 11 is 1.89. The molecule has 0 amide bonds. The highest BCUT2D eigenvalue weighted by molar-refractivity contribution is 7.26. The fourth-order valence-electron chi connectivity index (χ4n) is 10.5. The van der Waals surface area contributed by atoms with Gasteiger partial charge >= 0.3 is 0 Å². The highest BCUT2D eigenvalue weighted by atomic mass is 32.1. The predicted molar refractivity (Wildman–Crippen MR) is 282 cm³/mol. The molecule has 5 heteroatoms. The molecule has 10 aromatic rings. The Hall–Kier alpha value is -6.56. The summed E-state index contributed by atoms with van der Waals surface area (Å²) < 4.78 is 9.25. The first-order valence-corrected chi connectivity index (χ1v) is 23.9. The number of nitrogens with zero attached hydrogens (tertiary/aromatic N) is 2. The van der Waals surface area contributed by atoms with Crippen LogP contribution in [-0.4, -0.2) is 6.71 Å². The number of thiophene rings is 1. The highest BCUT2D eigenvalue weighted by Gasteiger charge is 2.45. The van der Waals surface area contributed by atoms with Crippen LogP contribution in [0.4, 0.5) is 34.1 Å². The van der Waals surface area contributed by atoms with Gasteiger partial charge in [0.25, 0.3) is 6.71 Å². The third-order valence-electron chi connectivity index (χ3n) is 14.1. The van der Waals surface area contributed by atoms with Crippen LogP contribution in [0, 0.1) is 0 Å². The molecule has 0 radical (unpaired) electrons. The second-order valence-corrected chi connectivity index (χ2v) is 22.5. The lowest BCUT2D eigenvalue weighted by molar-refractivity contribution is 0.589. The topological polar surface area (TPSA) is 19.6 Å². The van der Waals surface area contributed by atoms with Gasteiger partial charge in [0.1, 0.15) is 11.2 Å². The first-order chi connectivity index (χ1) is 31.1. The minimum atomic E-state index is -0.127. The van der Waals surface area contributed by atoms with Gasteiger partial charge < -0.3 is 14.2 Å². The summed E-state index contributed by atoms with van der Waals surface area (Å²) in [5.74, 6) is 0. The first-order valence-electron chi connectivity index (χ1n) is 23.1. The molecule has 0 atom stereocenters. The Morgan fingerprint density at radius 3 is 1.77 bits per heavy atom. The lowest BCUT2D eigenvalue weighted by Gasteiger charge is -2.45. The van der Waals surface area contributed by atoms with E-state index in [4.69, 9.17) is 4.42 Å². The second-order valence-electron chi connectivity index (χ2n) is 21.4. The number of fused-ring (bicyclic) bond motifs is 10. The summed E-state index contributed by atoms with van der Waals surface area (Å²) in [5, 5.41) is 4.92. The molecule has 0 unspecified atom stereocenters. The average Bonchev–Trinajstić information content (AvgIpc) is 3.86. The summed E-state index contributed by atoms with van der Waals surface area (Å²) in [6.07, 6.45) is 0. The molecule has 0 aliphatic carbocycles. The third-order valence-corrected chi connectivity index (χ3v) is 15.3. The van der Waals surface area contributed by atoms with Crippen molar-refractivity contribution in [2.45, 2.75) is 78.6 Å². The zero-order valence-electron chi connectivity index (χ0n) is 38.8. The Morgan fingerprint density at radius 1 is 0.431 bits per heavy atom. The van der Waals surface area contributed by atoms with Gasteiger partial charge in [-0.3, -0.25) is 0 Å². The lowest BCUT2D eigenvalue weighted by Crippen LogP contribution is -2.61. The van der Waals surface area contributed by atoms with Gasteiger partial charge in [0, 0.05) is 71.1 Å². The van der Waals surface area contributed by atoms with Gasteiger partial charge in [0.2, 0.25) is 0 Å². The van der Waals surface area contributed by atoms with Crippen molar-refractivity contribution in [2.24, 2.45) is 0 Å². The number of anilines is 6. The van der Waals surface area contributed by atoms with Crippen LogP contribution in [-0.2, 0) is 16.2 Å². The van der Waals surface area contributed by atoms with Crippen LogP contribution in [0.2, 0.25) is 0 Å². The molecule has 0 N–H and O–H groups in total. The molecule has 2 aliphatic rings. The van der Waals surface area contributed by atoms with Gasteiger partial charge in [-0.15, -0.1) is 11.3 Å². The Bertz CT molecular complexity index is 3570. The van der Waals surface area contributed by atoms with E-state index in [0.29, 0.717) is 0 Å². The van der Waals surface area contributed by atoms with Crippen molar-refractivity contribution in [3.63, 3.8) is 0 Å². The van der Waals surface area contributed by atoms with E-state index in [1.807, 2.05) is 11.3 Å². The summed E-state index contributed by atoms with van der Waals surface area (Å²) in [6.45, 7) is 21.0. The Labute approximate surface area is 387 Å². The number of hydrogen-bond acceptors (Lipinski definition) is 4. The highest BCUT2D eigenvalue weighted by Crippen LogP contribution is 2.48. The maximum Gasteiger partial charge on any atom is 0.252 e. The van der Waals surface area contributed by atoms with Crippen molar-refractivity contribution in [1.82, 2.24) is 0 Å². The Morgan fingerprint density at radius 2 is 1.03 bits per heavy atom. The molecule has 4 heterocycles. The molecular weight excluding hydrogens is 808 g/mol. The molecule has 8 aromatic carbocycles. The molecule has 0 saturated carbocycles. The summed E-state index contributed by atoms with van der Waals surface area (Å²) in [7, 11) is 0. The molecule has 2 aromatic heterocycles. The van der Waals surface area contributed by atoms with Crippen molar-refractivity contribution in [2.75, 3.05) is 9.80 Å². The van der Waals surface area contributed by atoms with Gasteiger partial charge in [0.15, 0.2) is 0 Å². The van der Waals surface area contributed by atoms with E-state index in [1.165, 1.54) is 87.1 Å². The van der Waals surface area contributed by atoms with Crippen LogP contribution in [0.5, 0.6) is 0 Å². The molecule has 0 saturated heterocycles. The van der Waals surface area contributed by atoms with E-state index in [-0.39, 0.29) is 23.0 Å². The molecule has 3 nitrogen and oxygen atoms in total. The van der Waals surface area contributed by atoms with Crippen LogP contribution in [0.1, 0.15) is 79.0 Å². The summed E-state index contributed by atoms with van der Waals surface area (Å²) in [5.41, 5.74) is 19.2. The smallest absolute Gasteiger partial charge is 0.252 e. The molecule has 318 valence electrons. The average molecular weight is 861 g/mol. The molecule has 0 spiro atoms. The molecular formula is C60H53BN2OS. The maximum atomic E-state index is 6.59. The van der Waals surface area contributed by atoms with Crippen molar-refractivity contribution in [1.29, 1.82) is 0 Å². The zero-order valence-corrected chi connectivity index (χ0v) is 39.6. The van der Waals surface area contributed by atoms with E-state index >= 15 is 0 Å². The minimum Gasteiger partial charge on any atom is -0.456 e.